The van der Waals surface area contributed by atoms with Crippen molar-refractivity contribution in [2.45, 2.75) is 58.7 Å². The first-order valence-electron chi connectivity index (χ1n) is 12.6. The average Bonchev–Trinajstić information content (AvgIpc) is 3.40. The van der Waals surface area contributed by atoms with E-state index < -0.39 is 11.9 Å². The van der Waals surface area contributed by atoms with E-state index in [4.69, 9.17) is 15.8 Å². The highest BCUT2D eigenvalue weighted by Crippen LogP contribution is 2.35. The van der Waals surface area contributed by atoms with E-state index in [0.717, 1.165) is 18.4 Å². The van der Waals surface area contributed by atoms with E-state index in [1.165, 1.54) is 18.5 Å². The number of fused-ring (bicyclic) bond motifs is 2. The Hall–Kier alpha value is -4.15. The van der Waals surface area contributed by atoms with Crippen LogP contribution in [0.3, 0.4) is 0 Å². The van der Waals surface area contributed by atoms with Gasteiger partial charge < -0.3 is 5.73 Å². The molecule has 190 valence electrons. The van der Waals surface area contributed by atoms with Crippen molar-refractivity contribution in [3.05, 3.63) is 58.9 Å². The van der Waals surface area contributed by atoms with Crippen molar-refractivity contribution in [3.63, 3.8) is 0 Å². The summed E-state index contributed by atoms with van der Waals surface area (Å²) in [6.45, 7) is 6.65. The van der Waals surface area contributed by atoms with Gasteiger partial charge >= 0.3 is 0 Å². The lowest BCUT2D eigenvalue weighted by Gasteiger charge is -2.21. The predicted molar refractivity (Wildman–Crippen MR) is 138 cm³/mol. The van der Waals surface area contributed by atoms with Gasteiger partial charge in [0.2, 0.25) is 0 Å². The van der Waals surface area contributed by atoms with Crippen molar-refractivity contribution in [2.24, 2.45) is 5.92 Å². The fourth-order valence-electron chi connectivity index (χ4n) is 4.82. The van der Waals surface area contributed by atoms with Crippen LogP contribution in [0.25, 0.3) is 33.2 Å². The summed E-state index contributed by atoms with van der Waals surface area (Å²) in [6, 6.07) is 3.92. The lowest BCUT2D eigenvalue weighted by molar-refractivity contribution is 0.449. The zero-order chi connectivity index (χ0) is 25.8. The molecule has 2 N–H and O–H groups in total. The van der Waals surface area contributed by atoms with Crippen molar-refractivity contribution < 1.29 is 4.39 Å². The number of nitrogens with two attached hydrogens (primary N) is 1. The third kappa shape index (κ3) is 3.94. The molecular formula is C26H28FN9O. The van der Waals surface area contributed by atoms with E-state index in [1.54, 1.807) is 21.5 Å². The van der Waals surface area contributed by atoms with Crippen LogP contribution in [0, 0.1) is 11.7 Å². The van der Waals surface area contributed by atoms with Crippen LogP contribution in [-0.4, -0.2) is 39.1 Å². The molecule has 1 aliphatic rings. The van der Waals surface area contributed by atoms with Gasteiger partial charge in [0.25, 0.3) is 5.56 Å². The number of halogens is 1. The van der Waals surface area contributed by atoms with Crippen LogP contribution in [-0.2, 0) is 6.54 Å². The Bertz CT molecular complexity index is 1700. The Labute approximate surface area is 212 Å². The molecule has 4 aromatic heterocycles. The van der Waals surface area contributed by atoms with Crippen LogP contribution in [0.5, 0.6) is 0 Å². The monoisotopic (exact) mass is 501 g/mol. The molecule has 6 rings (SSSR count). The van der Waals surface area contributed by atoms with Gasteiger partial charge in [0.15, 0.2) is 5.65 Å². The molecule has 1 atom stereocenters. The van der Waals surface area contributed by atoms with Crippen molar-refractivity contribution in [1.82, 2.24) is 39.1 Å². The molecule has 4 heterocycles. The SMILES string of the molecule is CC[C@@H](c1nc2ccc(F)cc2c(=O)n1CC1CC1)n1nc(-c2cnn(C(C)C)c2)c2c(N)ncnc21. The average molecular weight is 502 g/mol. The molecule has 1 aromatic carbocycles. The second-order valence-electron chi connectivity index (χ2n) is 9.97. The molecule has 0 bridgehead atoms. The number of nitrogen functional groups attached to an aromatic ring is 1. The molecule has 0 unspecified atom stereocenters. The Morgan fingerprint density at radius 1 is 1.22 bits per heavy atom. The number of hydrogen-bond acceptors (Lipinski definition) is 7. The minimum Gasteiger partial charge on any atom is -0.383 e. The van der Waals surface area contributed by atoms with Gasteiger partial charge in [0.05, 0.1) is 22.5 Å². The molecular weight excluding hydrogens is 473 g/mol. The molecule has 5 aromatic rings. The zero-order valence-electron chi connectivity index (χ0n) is 21.0. The van der Waals surface area contributed by atoms with E-state index in [9.17, 15) is 9.18 Å². The lowest BCUT2D eigenvalue weighted by atomic mass is 10.1. The molecule has 0 aliphatic heterocycles. The predicted octanol–water partition coefficient (Wildman–Crippen LogP) is 4.11. The number of rotatable bonds is 7. The smallest absolute Gasteiger partial charge is 0.261 e. The summed E-state index contributed by atoms with van der Waals surface area (Å²) in [4.78, 5) is 27.2. The highest BCUT2D eigenvalue weighted by molar-refractivity contribution is 5.98. The fourth-order valence-corrected chi connectivity index (χ4v) is 4.82. The standard InChI is InChI=1S/C26H28FN9O/c1-4-20(24-32-19-8-7-17(27)9-18(19)26(37)34(24)11-15-5-6-15)36-25-21(23(28)29-13-30-25)22(33-36)16-10-31-35(12-16)14(2)3/h7-10,12-15,20H,4-6,11H2,1-3H3,(H2,28,29,30)/t20-/m0/s1. The lowest BCUT2D eigenvalue weighted by Crippen LogP contribution is -2.30. The largest absolute Gasteiger partial charge is 0.383 e. The molecule has 0 amide bonds. The van der Waals surface area contributed by atoms with Crippen molar-refractivity contribution in [1.29, 1.82) is 0 Å². The quantitative estimate of drug-likeness (QED) is 0.356. The molecule has 11 heteroatoms. The van der Waals surface area contributed by atoms with E-state index in [2.05, 4.69) is 28.9 Å². The number of hydrogen-bond donors (Lipinski definition) is 1. The molecule has 10 nitrogen and oxygen atoms in total. The number of nitrogens with zero attached hydrogens (tertiary/aromatic N) is 8. The van der Waals surface area contributed by atoms with Crippen LogP contribution in [0.2, 0.25) is 0 Å². The summed E-state index contributed by atoms with van der Waals surface area (Å²) in [7, 11) is 0. The van der Waals surface area contributed by atoms with Gasteiger partial charge in [-0.2, -0.15) is 10.2 Å². The Kier molecular flexibility index (Phi) is 5.50. The molecule has 0 saturated heterocycles. The summed E-state index contributed by atoms with van der Waals surface area (Å²) in [5, 5.41) is 10.3. The molecule has 37 heavy (non-hydrogen) atoms. The van der Waals surface area contributed by atoms with Crippen LogP contribution in [0.4, 0.5) is 10.2 Å². The highest BCUT2D eigenvalue weighted by atomic mass is 19.1. The number of benzene rings is 1. The maximum atomic E-state index is 14.0. The van der Waals surface area contributed by atoms with Gasteiger partial charge in [-0.05, 0) is 57.2 Å². The molecule has 1 fully saturated rings. The molecule has 0 spiro atoms. The second-order valence-corrected chi connectivity index (χ2v) is 9.97. The molecule has 1 saturated carbocycles. The van der Waals surface area contributed by atoms with Gasteiger partial charge in [-0.1, -0.05) is 6.92 Å². The minimum absolute atomic E-state index is 0.183. The van der Waals surface area contributed by atoms with Gasteiger partial charge in [-0.15, -0.1) is 0 Å². The van der Waals surface area contributed by atoms with Crippen LogP contribution in [0.15, 0.2) is 41.7 Å². The summed E-state index contributed by atoms with van der Waals surface area (Å²) in [6.07, 6.45) is 7.80. The Morgan fingerprint density at radius 2 is 2.03 bits per heavy atom. The van der Waals surface area contributed by atoms with E-state index >= 15 is 0 Å². The topological polar surface area (TPSA) is 122 Å². The highest BCUT2D eigenvalue weighted by Gasteiger charge is 2.30. The first-order chi connectivity index (χ1) is 17.9. The van der Waals surface area contributed by atoms with E-state index in [0.29, 0.717) is 52.8 Å². The van der Waals surface area contributed by atoms with Crippen LogP contribution in [0.1, 0.15) is 57.9 Å². The Balaban J connectivity index is 1.59. The van der Waals surface area contributed by atoms with Gasteiger partial charge in [-0.25, -0.2) is 24.0 Å². The van der Waals surface area contributed by atoms with Gasteiger partial charge in [0.1, 0.15) is 35.5 Å². The maximum Gasteiger partial charge on any atom is 0.261 e. The first kappa shape index (κ1) is 23.3. The molecule has 0 radical (unpaired) electrons. The first-order valence-corrected chi connectivity index (χ1v) is 12.6. The summed E-state index contributed by atoms with van der Waals surface area (Å²) in [5.41, 5.74) is 8.52. The third-order valence-corrected chi connectivity index (χ3v) is 6.99. The third-order valence-electron chi connectivity index (χ3n) is 6.99. The van der Waals surface area contributed by atoms with Gasteiger partial charge in [0, 0.05) is 24.3 Å². The van der Waals surface area contributed by atoms with E-state index in [-0.39, 0.29) is 17.0 Å². The second kappa shape index (κ2) is 8.75. The maximum absolute atomic E-state index is 14.0. The van der Waals surface area contributed by atoms with Gasteiger partial charge in [-0.3, -0.25) is 14.0 Å². The van der Waals surface area contributed by atoms with Crippen molar-refractivity contribution in [2.75, 3.05) is 5.73 Å². The summed E-state index contributed by atoms with van der Waals surface area (Å²) >= 11 is 0. The number of aromatic nitrogens is 8. The summed E-state index contributed by atoms with van der Waals surface area (Å²) in [5.74, 6) is 0.841. The van der Waals surface area contributed by atoms with Crippen molar-refractivity contribution in [3.8, 4) is 11.3 Å². The van der Waals surface area contributed by atoms with Crippen LogP contribution < -0.4 is 11.3 Å². The van der Waals surface area contributed by atoms with E-state index in [1.807, 2.05) is 17.8 Å². The zero-order valence-corrected chi connectivity index (χ0v) is 21.0. The normalized spacial score (nSPS) is 14.7. The molecule has 1 aliphatic carbocycles. The minimum atomic E-state index is -0.457. The fraction of sp³-hybridized carbons (Fsp3) is 0.385. The van der Waals surface area contributed by atoms with Crippen LogP contribution >= 0.6 is 0 Å². The number of anilines is 1. The Morgan fingerprint density at radius 3 is 2.73 bits per heavy atom. The summed E-state index contributed by atoms with van der Waals surface area (Å²) < 4.78 is 19.4. The van der Waals surface area contributed by atoms with Crippen molar-refractivity contribution >= 4 is 27.8 Å².